The summed E-state index contributed by atoms with van der Waals surface area (Å²) in [6.45, 7) is 8.17. The van der Waals surface area contributed by atoms with E-state index in [9.17, 15) is 4.79 Å². The van der Waals surface area contributed by atoms with E-state index in [1.165, 1.54) is 12.8 Å². The largest absolute Gasteiger partial charge is 0.461 e. The Labute approximate surface area is 104 Å². The van der Waals surface area contributed by atoms with Gasteiger partial charge in [0.25, 0.3) is 0 Å². The predicted octanol–water partition coefficient (Wildman–Crippen LogP) is 2.58. The average molecular weight is 237 g/mol. The molecule has 1 saturated carbocycles. The molecule has 0 spiro atoms. The average Bonchev–Trinajstić information content (AvgIpc) is 2.79. The lowest BCUT2D eigenvalue weighted by Gasteiger charge is -2.17. The van der Waals surface area contributed by atoms with Crippen molar-refractivity contribution >= 4 is 5.97 Å². The Hall–Kier alpha value is -1.09. The zero-order valence-corrected chi connectivity index (χ0v) is 10.9. The molecule has 0 aromatic heterocycles. The first-order valence-corrected chi connectivity index (χ1v) is 6.35. The molecular formula is C14H23NO2. The Bertz CT molecular complexity index is 291. The highest BCUT2D eigenvalue weighted by Crippen LogP contribution is 2.21. The summed E-state index contributed by atoms with van der Waals surface area (Å²) in [5.74, 6) is -0.136. The Balaban J connectivity index is 2.26. The van der Waals surface area contributed by atoms with Gasteiger partial charge in [-0.05, 0) is 39.5 Å². The molecular weight excluding hydrogens is 214 g/mol. The molecule has 0 radical (unpaired) electrons. The molecule has 0 saturated heterocycles. The summed E-state index contributed by atoms with van der Waals surface area (Å²) >= 11 is 0. The number of nitrogens with one attached hydrogen (secondary N) is 1. The second-order valence-corrected chi connectivity index (χ2v) is 4.69. The summed E-state index contributed by atoms with van der Waals surface area (Å²) in [6, 6.07) is -0.247. The number of hydrogen-bond donors (Lipinski definition) is 1. The highest BCUT2D eigenvalue weighted by molar-refractivity contribution is 5.75. The third-order valence-electron chi connectivity index (χ3n) is 3.03. The zero-order valence-electron chi connectivity index (χ0n) is 10.9. The van der Waals surface area contributed by atoms with Crippen LogP contribution >= 0.6 is 0 Å². The first kappa shape index (κ1) is 14.0. The van der Waals surface area contributed by atoms with Crippen molar-refractivity contribution < 1.29 is 9.53 Å². The first-order chi connectivity index (χ1) is 8.13. The molecule has 17 heavy (non-hydrogen) atoms. The molecule has 0 heterocycles. The van der Waals surface area contributed by atoms with E-state index in [0.29, 0.717) is 6.54 Å². The van der Waals surface area contributed by atoms with Crippen molar-refractivity contribution in [3.05, 3.63) is 24.3 Å². The second kappa shape index (κ2) is 7.28. The van der Waals surface area contributed by atoms with E-state index >= 15 is 0 Å². The maximum absolute atomic E-state index is 11.7. The number of rotatable bonds is 6. The van der Waals surface area contributed by atoms with E-state index in [2.05, 4.69) is 11.9 Å². The van der Waals surface area contributed by atoms with Gasteiger partial charge in [0, 0.05) is 6.54 Å². The van der Waals surface area contributed by atoms with Gasteiger partial charge in [-0.1, -0.05) is 24.3 Å². The molecule has 1 N–H and O–H groups in total. The number of hydrogen-bond acceptors (Lipinski definition) is 3. The normalized spacial score (nSPS) is 19.1. The van der Waals surface area contributed by atoms with E-state index in [0.717, 1.165) is 18.4 Å². The van der Waals surface area contributed by atoms with Crippen molar-refractivity contribution in [3.63, 3.8) is 0 Å². The smallest absolute Gasteiger partial charge is 0.323 e. The fourth-order valence-corrected chi connectivity index (χ4v) is 1.93. The van der Waals surface area contributed by atoms with Crippen molar-refractivity contribution in [2.45, 2.75) is 51.7 Å². The molecule has 1 fully saturated rings. The molecule has 1 aliphatic carbocycles. The minimum Gasteiger partial charge on any atom is -0.461 e. The van der Waals surface area contributed by atoms with E-state index < -0.39 is 0 Å². The molecule has 0 bridgehead atoms. The van der Waals surface area contributed by atoms with Gasteiger partial charge < -0.3 is 10.1 Å². The van der Waals surface area contributed by atoms with Crippen molar-refractivity contribution in [2.75, 3.05) is 6.54 Å². The van der Waals surface area contributed by atoms with Gasteiger partial charge in [-0.2, -0.15) is 0 Å². The second-order valence-electron chi connectivity index (χ2n) is 4.69. The molecule has 0 aliphatic heterocycles. The molecule has 0 amide bonds. The van der Waals surface area contributed by atoms with Gasteiger partial charge in [-0.15, -0.1) is 0 Å². The molecule has 3 nitrogen and oxygen atoms in total. The molecule has 1 rings (SSSR count). The standard InChI is InChI=1S/C14H23NO2/c1-4-7-11(2)10-15-12(3)14(16)17-13-8-5-6-9-13/h4,7,12-13,15H,1,5-6,8-10H2,2-3H3. The molecule has 0 aromatic carbocycles. The van der Waals surface area contributed by atoms with Crippen LogP contribution in [0.3, 0.4) is 0 Å². The summed E-state index contributed by atoms with van der Waals surface area (Å²) in [7, 11) is 0. The van der Waals surface area contributed by atoms with Gasteiger partial charge in [0.05, 0.1) is 0 Å². The van der Waals surface area contributed by atoms with Crippen LogP contribution in [0.25, 0.3) is 0 Å². The van der Waals surface area contributed by atoms with Crippen LogP contribution in [0.2, 0.25) is 0 Å². The van der Waals surface area contributed by atoms with Gasteiger partial charge >= 0.3 is 5.97 Å². The van der Waals surface area contributed by atoms with Crippen molar-refractivity contribution in [3.8, 4) is 0 Å². The van der Waals surface area contributed by atoms with Gasteiger partial charge in [-0.25, -0.2) is 0 Å². The SMILES string of the molecule is C=CC=C(C)CNC(C)C(=O)OC1CCCC1. The van der Waals surface area contributed by atoms with E-state index in [1.807, 2.05) is 19.9 Å². The summed E-state index contributed by atoms with van der Waals surface area (Å²) in [5.41, 5.74) is 1.15. The van der Waals surface area contributed by atoms with E-state index in [1.54, 1.807) is 6.08 Å². The first-order valence-electron chi connectivity index (χ1n) is 6.35. The minimum absolute atomic E-state index is 0.136. The van der Waals surface area contributed by atoms with Crippen LogP contribution in [0.4, 0.5) is 0 Å². The third kappa shape index (κ3) is 5.18. The Kier molecular flexibility index (Phi) is 5.98. The molecule has 0 aromatic rings. The van der Waals surface area contributed by atoms with Crippen LogP contribution in [0.1, 0.15) is 39.5 Å². The monoisotopic (exact) mass is 237 g/mol. The van der Waals surface area contributed by atoms with Gasteiger partial charge in [0.2, 0.25) is 0 Å². The zero-order chi connectivity index (χ0) is 12.7. The molecule has 1 aliphatic rings. The lowest BCUT2D eigenvalue weighted by atomic mass is 10.2. The molecule has 96 valence electrons. The predicted molar refractivity (Wildman–Crippen MR) is 69.8 cm³/mol. The minimum atomic E-state index is -0.247. The summed E-state index contributed by atoms with van der Waals surface area (Å²) in [5, 5.41) is 3.15. The Morgan fingerprint density at radius 3 is 2.76 bits per heavy atom. The molecule has 1 atom stereocenters. The van der Waals surface area contributed by atoms with Crippen LogP contribution in [0, 0.1) is 0 Å². The van der Waals surface area contributed by atoms with Crippen molar-refractivity contribution in [2.24, 2.45) is 0 Å². The maximum atomic E-state index is 11.7. The Morgan fingerprint density at radius 1 is 1.53 bits per heavy atom. The summed E-state index contributed by atoms with van der Waals surface area (Å²) in [6.07, 6.45) is 8.24. The summed E-state index contributed by atoms with van der Waals surface area (Å²) < 4.78 is 5.42. The molecule has 3 heteroatoms. The third-order valence-corrected chi connectivity index (χ3v) is 3.03. The van der Waals surface area contributed by atoms with E-state index in [4.69, 9.17) is 4.74 Å². The van der Waals surface area contributed by atoms with Crippen LogP contribution in [-0.2, 0) is 9.53 Å². The van der Waals surface area contributed by atoms with Gasteiger partial charge in [0.15, 0.2) is 0 Å². The van der Waals surface area contributed by atoms with Crippen LogP contribution in [-0.4, -0.2) is 24.7 Å². The van der Waals surface area contributed by atoms with Gasteiger partial charge in [0.1, 0.15) is 12.1 Å². The van der Waals surface area contributed by atoms with Crippen LogP contribution in [0.5, 0.6) is 0 Å². The maximum Gasteiger partial charge on any atom is 0.323 e. The number of allylic oxidation sites excluding steroid dienone is 2. The number of ether oxygens (including phenoxy) is 1. The Morgan fingerprint density at radius 2 is 2.18 bits per heavy atom. The van der Waals surface area contributed by atoms with Crippen LogP contribution < -0.4 is 5.32 Å². The highest BCUT2D eigenvalue weighted by Gasteiger charge is 2.22. The lowest BCUT2D eigenvalue weighted by Crippen LogP contribution is -2.37. The number of esters is 1. The number of carbonyl (C=O) groups is 1. The fourth-order valence-electron chi connectivity index (χ4n) is 1.93. The molecule has 1 unspecified atom stereocenters. The fraction of sp³-hybridized carbons (Fsp3) is 0.643. The van der Waals surface area contributed by atoms with Crippen LogP contribution in [0.15, 0.2) is 24.3 Å². The van der Waals surface area contributed by atoms with E-state index in [-0.39, 0.29) is 18.1 Å². The van der Waals surface area contributed by atoms with Gasteiger partial charge in [-0.3, -0.25) is 4.79 Å². The van der Waals surface area contributed by atoms with Crippen molar-refractivity contribution in [1.82, 2.24) is 5.32 Å². The highest BCUT2D eigenvalue weighted by atomic mass is 16.5. The quantitative estimate of drug-likeness (QED) is 0.570. The lowest BCUT2D eigenvalue weighted by molar-refractivity contribution is -0.150. The summed E-state index contributed by atoms with van der Waals surface area (Å²) in [4.78, 5) is 11.7. The number of carbonyl (C=O) groups excluding carboxylic acids is 1. The van der Waals surface area contributed by atoms with Crippen molar-refractivity contribution in [1.29, 1.82) is 0 Å². The topological polar surface area (TPSA) is 38.3 Å².